The van der Waals surface area contributed by atoms with E-state index in [0.29, 0.717) is 0 Å². The predicted octanol–water partition coefficient (Wildman–Crippen LogP) is 3.58. The molecule has 148 valence electrons. The molecule has 0 aliphatic heterocycles. The van der Waals surface area contributed by atoms with Gasteiger partial charge in [-0.25, -0.2) is 9.07 Å². The van der Waals surface area contributed by atoms with Crippen LogP contribution < -0.4 is 10.6 Å². The van der Waals surface area contributed by atoms with Crippen molar-refractivity contribution >= 4 is 29.9 Å². The summed E-state index contributed by atoms with van der Waals surface area (Å²) in [5.74, 6) is 0.562. The van der Waals surface area contributed by atoms with Crippen molar-refractivity contribution in [2.24, 2.45) is 4.99 Å². The number of benzene rings is 2. The van der Waals surface area contributed by atoms with Crippen LogP contribution in [0.3, 0.4) is 0 Å². The highest BCUT2D eigenvalue weighted by Crippen LogP contribution is 2.08. The van der Waals surface area contributed by atoms with Gasteiger partial charge in [-0.1, -0.05) is 24.3 Å². The van der Waals surface area contributed by atoms with Gasteiger partial charge in [0.25, 0.3) is 0 Å². The van der Waals surface area contributed by atoms with E-state index in [2.05, 4.69) is 45.0 Å². The number of hydrogen-bond acceptors (Lipinski definition) is 2. The van der Waals surface area contributed by atoms with E-state index in [1.165, 1.54) is 17.7 Å². The lowest BCUT2D eigenvalue weighted by molar-refractivity contribution is 0.626. The molecular weight excluding hydrogens is 468 g/mol. The van der Waals surface area contributed by atoms with Gasteiger partial charge in [0.15, 0.2) is 5.96 Å². The molecule has 0 spiro atoms. The molecule has 0 atom stereocenters. The lowest BCUT2D eigenvalue weighted by atomic mass is 10.1. The minimum Gasteiger partial charge on any atom is -0.356 e. The van der Waals surface area contributed by atoms with Crippen LogP contribution in [0.5, 0.6) is 0 Å². The van der Waals surface area contributed by atoms with Crippen LogP contribution in [0.1, 0.15) is 11.1 Å². The average Bonchev–Trinajstić information content (AvgIpc) is 3.23. The van der Waals surface area contributed by atoms with Crippen LogP contribution in [-0.4, -0.2) is 35.9 Å². The standard InChI is InChI=1S/C21H24FN5.HI/c1-23-21(24-14-11-17-3-7-19(22)8-4-17)25-15-12-18-5-9-20(10-6-18)27-16-2-13-26-27;/h2-10,13,16H,11-12,14-15H2,1H3,(H2,23,24,25);1H. The topological polar surface area (TPSA) is 54.2 Å². The fraction of sp³-hybridized carbons (Fsp3) is 0.238. The van der Waals surface area contributed by atoms with Gasteiger partial charge in [-0.2, -0.15) is 5.10 Å². The summed E-state index contributed by atoms with van der Waals surface area (Å²) in [6.07, 6.45) is 5.42. The summed E-state index contributed by atoms with van der Waals surface area (Å²) in [4.78, 5) is 4.24. The van der Waals surface area contributed by atoms with Gasteiger partial charge in [0.2, 0.25) is 0 Å². The number of nitrogens with zero attached hydrogens (tertiary/aromatic N) is 3. The van der Waals surface area contributed by atoms with Gasteiger partial charge in [-0.3, -0.25) is 4.99 Å². The summed E-state index contributed by atoms with van der Waals surface area (Å²) in [5, 5.41) is 10.8. The lowest BCUT2D eigenvalue weighted by Crippen LogP contribution is -2.39. The van der Waals surface area contributed by atoms with Gasteiger partial charge in [0.05, 0.1) is 5.69 Å². The molecule has 1 aromatic heterocycles. The second kappa shape index (κ2) is 11.4. The van der Waals surface area contributed by atoms with Gasteiger partial charge in [-0.15, -0.1) is 24.0 Å². The molecule has 0 aliphatic carbocycles. The summed E-state index contributed by atoms with van der Waals surface area (Å²) in [5.41, 5.74) is 3.40. The van der Waals surface area contributed by atoms with E-state index in [4.69, 9.17) is 0 Å². The molecule has 28 heavy (non-hydrogen) atoms. The molecule has 0 fully saturated rings. The third kappa shape index (κ3) is 6.63. The molecule has 1 heterocycles. The first-order chi connectivity index (χ1) is 13.2. The van der Waals surface area contributed by atoms with Gasteiger partial charge in [-0.05, 0) is 54.3 Å². The third-order valence-electron chi connectivity index (χ3n) is 4.25. The monoisotopic (exact) mass is 493 g/mol. The zero-order chi connectivity index (χ0) is 18.9. The Morgan fingerprint density at radius 1 is 0.964 bits per heavy atom. The molecule has 0 bridgehead atoms. The van der Waals surface area contributed by atoms with Crippen LogP contribution in [0, 0.1) is 5.82 Å². The summed E-state index contributed by atoms with van der Waals surface area (Å²) in [6, 6.07) is 16.9. The highest BCUT2D eigenvalue weighted by molar-refractivity contribution is 14.0. The SMILES string of the molecule is CN=C(NCCc1ccc(F)cc1)NCCc1ccc(-n2cccn2)cc1.I. The van der Waals surface area contributed by atoms with Crippen molar-refractivity contribution in [3.63, 3.8) is 0 Å². The molecule has 5 nitrogen and oxygen atoms in total. The van der Waals surface area contributed by atoms with E-state index in [9.17, 15) is 4.39 Å². The molecule has 0 unspecified atom stereocenters. The van der Waals surface area contributed by atoms with Crippen molar-refractivity contribution in [1.29, 1.82) is 0 Å². The van der Waals surface area contributed by atoms with Crippen LogP contribution >= 0.6 is 24.0 Å². The number of aromatic nitrogens is 2. The quantitative estimate of drug-likeness (QED) is 0.301. The molecule has 0 aliphatic rings. The Hall–Kier alpha value is -2.42. The Morgan fingerprint density at radius 2 is 1.54 bits per heavy atom. The number of hydrogen-bond donors (Lipinski definition) is 2. The van der Waals surface area contributed by atoms with Crippen molar-refractivity contribution in [3.8, 4) is 5.69 Å². The third-order valence-corrected chi connectivity index (χ3v) is 4.25. The highest BCUT2D eigenvalue weighted by Gasteiger charge is 2.00. The largest absolute Gasteiger partial charge is 0.356 e. The molecule has 0 saturated carbocycles. The first kappa shape index (κ1) is 21.9. The van der Waals surface area contributed by atoms with E-state index in [-0.39, 0.29) is 29.8 Å². The number of nitrogens with one attached hydrogen (secondary N) is 2. The van der Waals surface area contributed by atoms with Crippen LogP contribution in [-0.2, 0) is 12.8 Å². The second-order valence-electron chi connectivity index (χ2n) is 6.17. The molecule has 0 saturated heterocycles. The van der Waals surface area contributed by atoms with Crippen LogP contribution in [0.25, 0.3) is 5.69 Å². The second-order valence-corrected chi connectivity index (χ2v) is 6.17. The Morgan fingerprint density at radius 3 is 2.04 bits per heavy atom. The number of rotatable bonds is 7. The van der Waals surface area contributed by atoms with Gasteiger partial charge in [0, 0.05) is 32.5 Å². The maximum absolute atomic E-state index is 12.9. The van der Waals surface area contributed by atoms with Crippen LogP contribution in [0.2, 0.25) is 0 Å². The average molecular weight is 493 g/mol. The summed E-state index contributed by atoms with van der Waals surface area (Å²) in [6.45, 7) is 1.53. The molecule has 2 aromatic carbocycles. The minimum atomic E-state index is -0.207. The Kier molecular flexibility index (Phi) is 8.93. The predicted molar refractivity (Wildman–Crippen MR) is 122 cm³/mol. The maximum Gasteiger partial charge on any atom is 0.190 e. The Labute approximate surface area is 182 Å². The Balaban J connectivity index is 0.00000280. The van der Waals surface area contributed by atoms with Crippen molar-refractivity contribution in [2.75, 3.05) is 20.1 Å². The maximum atomic E-state index is 12.9. The molecule has 3 rings (SSSR count). The fourth-order valence-electron chi connectivity index (χ4n) is 2.76. The van der Waals surface area contributed by atoms with Crippen LogP contribution in [0.4, 0.5) is 4.39 Å². The van der Waals surface area contributed by atoms with Crippen molar-refractivity contribution in [3.05, 3.63) is 83.9 Å². The number of aliphatic imine (C=N–C) groups is 1. The van der Waals surface area contributed by atoms with Gasteiger partial charge in [0.1, 0.15) is 5.82 Å². The van der Waals surface area contributed by atoms with Crippen molar-refractivity contribution in [1.82, 2.24) is 20.4 Å². The number of halogens is 2. The van der Waals surface area contributed by atoms with E-state index in [1.807, 2.05) is 16.9 Å². The normalized spacial score (nSPS) is 11.0. The fourth-order valence-corrected chi connectivity index (χ4v) is 2.76. The lowest BCUT2D eigenvalue weighted by Gasteiger charge is -2.12. The molecule has 2 N–H and O–H groups in total. The highest BCUT2D eigenvalue weighted by atomic mass is 127. The smallest absolute Gasteiger partial charge is 0.190 e. The van der Waals surface area contributed by atoms with E-state index >= 15 is 0 Å². The first-order valence-electron chi connectivity index (χ1n) is 9.02. The summed E-state index contributed by atoms with van der Waals surface area (Å²) in [7, 11) is 1.76. The minimum absolute atomic E-state index is 0. The summed E-state index contributed by atoms with van der Waals surface area (Å²) < 4.78 is 14.8. The van der Waals surface area contributed by atoms with Gasteiger partial charge >= 0.3 is 0 Å². The zero-order valence-corrected chi connectivity index (χ0v) is 18.1. The van der Waals surface area contributed by atoms with E-state index in [1.54, 1.807) is 25.4 Å². The number of guanidine groups is 1. The molecule has 7 heteroatoms. The van der Waals surface area contributed by atoms with Crippen molar-refractivity contribution in [2.45, 2.75) is 12.8 Å². The molecule has 0 radical (unpaired) electrons. The summed E-state index contributed by atoms with van der Waals surface area (Å²) >= 11 is 0. The van der Waals surface area contributed by atoms with E-state index in [0.717, 1.165) is 43.1 Å². The molecular formula is C21H25FIN5. The first-order valence-corrected chi connectivity index (χ1v) is 9.02. The van der Waals surface area contributed by atoms with E-state index < -0.39 is 0 Å². The van der Waals surface area contributed by atoms with Crippen LogP contribution in [0.15, 0.2) is 72.0 Å². The van der Waals surface area contributed by atoms with Gasteiger partial charge < -0.3 is 10.6 Å². The molecule has 3 aromatic rings. The Bertz CT molecular complexity index is 846. The van der Waals surface area contributed by atoms with Crippen molar-refractivity contribution < 1.29 is 4.39 Å². The zero-order valence-electron chi connectivity index (χ0n) is 15.8. The molecule has 0 amide bonds.